The zero-order valence-corrected chi connectivity index (χ0v) is 34.1. The van der Waals surface area contributed by atoms with Gasteiger partial charge in [0.15, 0.2) is 0 Å². The van der Waals surface area contributed by atoms with Gasteiger partial charge in [0, 0.05) is 0 Å². The summed E-state index contributed by atoms with van der Waals surface area (Å²) < 4.78 is 0. The van der Waals surface area contributed by atoms with Crippen LogP contribution in [0.5, 0.6) is 0 Å². The van der Waals surface area contributed by atoms with E-state index < -0.39 is 0 Å². The van der Waals surface area contributed by atoms with Crippen molar-refractivity contribution in [2.24, 2.45) is 0 Å². The highest BCUT2D eigenvalue weighted by atomic mass is 14.2. The van der Waals surface area contributed by atoms with E-state index in [1.54, 1.807) is 0 Å². The molecule has 0 nitrogen and oxygen atoms in total. The van der Waals surface area contributed by atoms with Crippen LogP contribution in [0.2, 0.25) is 0 Å². The van der Waals surface area contributed by atoms with Gasteiger partial charge in [-0.1, -0.05) is 218 Å². The van der Waals surface area contributed by atoms with Crippen molar-refractivity contribution < 1.29 is 0 Å². The van der Waals surface area contributed by atoms with Crippen molar-refractivity contribution in [1.29, 1.82) is 0 Å². The van der Waals surface area contributed by atoms with E-state index in [0.29, 0.717) is 0 Å². The highest BCUT2D eigenvalue weighted by Gasteiger charge is 2.19. The van der Waals surface area contributed by atoms with Gasteiger partial charge in [-0.3, -0.25) is 0 Å². The molecule has 0 spiro atoms. The molecular formula is C62H40. The first-order valence-electron chi connectivity index (χ1n) is 21.5. The van der Waals surface area contributed by atoms with Crippen molar-refractivity contribution in [1.82, 2.24) is 0 Å². The fraction of sp³-hybridized carbons (Fsp3) is 0. The molecule has 0 atom stereocenters. The largest absolute Gasteiger partial charge is 0.0622 e. The Morgan fingerprint density at radius 3 is 0.710 bits per heavy atom. The average Bonchev–Trinajstić information content (AvgIpc) is 3.35. The first-order chi connectivity index (χ1) is 30.8. The van der Waals surface area contributed by atoms with E-state index in [2.05, 4.69) is 243 Å². The Morgan fingerprint density at radius 1 is 0.145 bits per heavy atom. The minimum atomic E-state index is 1.21. The highest BCUT2D eigenvalue weighted by molar-refractivity contribution is 6.23. The van der Waals surface area contributed by atoms with Crippen molar-refractivity contribution in [2.75, 3.05) is 0 Å². The molecule has 12 aromatic rings. The standard InChI is InChI=1S/C62H40/c1-3-17-41(18-4-1)59-51-25-7-11-29-55(51)61(56-30-12-8-26-52(56)59)49-23-15-21-43(39-49)45-33-35-48-38-46(34-36-47(48)37-45)44-22-16-24-50(40-44)62-57-31-13-9-27-53(57)60(42-19-5-2-6-20-42)54-28-10-14-32-58(54)62/h1-40H. The summed E-state index contributed by atoms with van der Waals surface area (Å²) in [6.45, 7) is 0. The molecule has 12 aromatic carbocycles. The van der Waals surface area contributed by atoms with Gasteiger partial charge >= 0.3 is 0 Å². The van der Waals surface area contributed by atoms with E-state index in [4.69, 9.17) is 0 Å². The smallest absolute Gasteiger partial charge is 0.00262 e. The molecule has 288 valence electrons. The topological polar surface area (TPSA) is 0 Å². The van der Waals surface area contributed by atoms with E-state index in [-0.39, 0.29) is 0 Å². The van der Waals surface area contributed by atoms with Crippen LogP contribution in [-0.4, -0.2) is 0 Å². The molecule has 0 bridgehead atoms. The van der Waals surface area contributed by atoms with E-state index in [1.807, 2.05) is 0 Å². The van der Waals surface area contributed by atoms with Gasteiger partial charge in [-0.2, -0.15) is 0 Å². The monoisotopic (exact) mass is 784 g/mol. The van der Waals surface area contributed by atoms with Crippen LogP contribution in [0.1, 0.15) is 0 Å². The molecule has 0 radical (unpaired) electrons. The minimum Gasteiger partial charge on any atom is -0.0622 e. The van der Waals surface area contributed by atoms with E-state index in [1.165, 1.54) is 121 Å². The molecule has 12 rings (SSSR count). The van der Waals surface area contributed by atoms with Crippen LogP contribution in [-0.2, 0) is 0 Å². The SMILES string of the molecule is c1ccc(-c2c3ccccc3c(-c3cccc(-c4ccc5cc(-c6cccc(-c7c8ccccc8c(-c8ccccc8)c8ccccc78)c6)ccc5c4)c3)c3ccccc23)cc1. The molecule has 62 heavy (non-hydrogen) atoms. The van der Waals surface area contributed by atoms with Crippen LogP contribution < -0.4 is 0 Å². The van der Waals surface area contributed by atoms with Crippen molar-refractivity contribution >= 4 is 53.9 Å². The van der Waals surface area contributed by atoms with Crippen molar-refractivity contribution in [3.63, 3.8) is 0 Å². The Kier molecular flexibility index (Phi) is 8.61. The van der Waals surface area contributed by atoms with Crippen LogP contribution in [0.25, 0.3) is 121 Å². The molecule has 0 aromatic heterocycles. The summed E-state index contributed by atoms with van der Waals surface area (Å²) in [5.41, 5.74) is 14.9. The Balaban J connectivity index is 0.931. The predicted molar refractivity (Wildman–Crippen MR) is 267 cm³/mol. The van der Waals surface area contributed by atoms with Gasteiger partial charge in [-0.05, 0) is 145 Å². The van der Waals surface area contributed by atoms with Gasteiger partial charge in [0.2, 0.25) is 0 Å². The maximum atomic E-state index is 2.37. The maximum Gasteiger partial charge on any atom is -0.00262 e. The summed E-state index contributed by atoms with van der Waals surface area (Å²) in [6, 6.07) is 89.2. The molecule has 0 unspecified atom stereocenters. The third-order valence-electron chi connectivity index (χ3n) is 12.8. The third kappa shape index (κ3) is 5.99. The number of hydrogen-bond donors (Lipinski definition) is 0. The molecule has 0 aliphatic carbocycles. The summed E-state index contributed by atoms with van der Waals surface area (Å²) in [5, 5.41) is 12.6. The molecule has 0 aliphatic heterocycles. The number of hydrogen-bond acceptors (Lipinski definition) is 0. The second-order valence-corrected chi connectivity index (χ2v) is 16.4. The lowest BCUT2D eigenvalue weighted by atomic mass is 9.85. The van der Waals surface area contributed by atoms with Crippen molar-refractivity contribution in [3.8, 4) is 66.8 Å². The highest BCUT2D eigenvalue weighted by Crippen LogP contribution is 2.46. The Morgan fingerprint density at radius 2 is 0.387 bits per heavy atom. The van der Waals surface area contributed by atoms with Gasteiger partial charge in [-0.25, -0.2) is 0 Å². The fourth-order valence-corrected chi connectivity index (χ4v) is 10.0. The summed E-state index contributed by atoms with van der Waals surface area (Å²) in [6.07, 6.45) is 0. The maximum absolute atomic E-state index is 2.37. The molecule has 0 heteroatoms. The van der Waals surface area contributed by atoms with E-state index >= 15 is 0 Å². The molecule has 0 fully saturated rings. The Hall–Kier alpha value is -8.06. The minimum absolute atomic E-state index is 1.21. The van der Waals surface area contributed by atoms with Gasteiger partial charge in [0.1, 0.15) is 0 Å². The molecule has 0 saturated carbocycles. The summed E-state index contributed by atoms with van der Waals surface area (Å²) in [7, 11) is 0. The molecular weight excluding hydrogens is 745 g/mol. The number of benzene rings is 12. The van der Waals surface area contributed by atoms with Crippen LogP contribution >= 0.6 is 0 Å². The molecule has 0 heterocycles. The predicted octanol–water partition coefficient (Wildman–Crippen LogP) is 17.5. The molecule has 0 saturated heterocycles. The lowest BCUT2D eigenvalue weighted by Gasteiger charge is -2.18. The van der Waals surface area contributed by atoms with Crippen LogP contribution in [0.15, 0.2) is 243 Å². The van der Waals surface area contributed by atoms with E-state index in [9.17, 15) is 0 Å². The molecule has 0 N–H and O–H groups in total. The molecule has 0 amide bonds. The second kappa shape index (κ2) is 14.9. The fourth-order valence-electron chi connectivity index (χ4n) is 10.0. The third-order valence-corrected chi connectivity index (χ3v) is 12.8. The Labute approximate surface area is 361 Å². The van der Waals surface area contributed by atoms with Gasteiger partial charge in [-0.15, -0.1) is 0 Å². The summed E-state index contributed by atoms with van der Waals surface area (Å²) in [5.74, 6) is 0. The average molecular weight is 785 g/mol. The lowest BCUT2D eigenvalue weighted by Crippen LogP contribution is -1.91. The number of rotatable bonds is 6. The first-order valence-corrected chi connectivity index (χ1v) is 21.5. The zero-order chi connectivity index (χ0) is 41.0. The van der Waals surface area contributed by atoms with Gasteiger partial charge in [0.25, 0.3) is 0 Å². The summed E-state index contributed by atoms with van der Waals surface area (Å²) in [4.78, 5) is 0. The normalized spacial score (nSPS) is 11.5. The van der Waals surface area contributed by atoms with Crippen molar-refractivity contribution in [3.05, 3.63) is 243 Å². The van der Waals surface area contributed by atoms with Crippen LogP contribution in [0, 0.1) is 0 Å². The van der Waals surface area contributed by atoms with Crippen molar-refractivity contribution in [2.45, 2.75) is 0 Å². The molecule has 0 aliphatic rings. The number of fused-ring (bicyclic) bond motifs is 5. The second-order valence-electron chi connectivity index (χ2n) is 16.4. The zero-order valence-electron chi connectivity index (χ0n) is 34.1. The van der Waals surface area contributed by atoms with E-state index in [0.717, 1.165) is 0 Å². The summed E-state index contributed by atoms with van der Waals surface area (Å²) >= 11 is 0. The Bertz CT molecular complexity index is 3310. The van der Waals surface area contributed by atoms with Gasteiger partial charge in [0.05, 0.1) is 0 Å². The first kappa shape index (κ1) is 35.8. The lowest BCUT2D eigenvalue weighted by molar-refractivity contribution is 1.61. The van der Waals surface area contributed by atoms with Crippen LogP contribution in [0.3, 0.4) is 0 Å². The van der Waals surface area contributed by atoms with Crippen LogP contribution in [0.4, 0.5) is 0 Å². The van der Waals surface area contributed by atoms with Gasteiger partial charge < -0.3 is 0 Å². The quantitative estimate of drug-likeness (QED) is 0.147.